The molecule has 6 heteroatoms. The standard InChI is InChI=1S/C11H15ClFNO2S/c1-3-4-14-17(15,16)10-5-8(2)11(13)9(6-10)7-12/h5-6,14H,3-4,7H2,1-2H3. The molecule has 1 rings (SSSR count). The third kappa shape index (κ3) is 3.40. The van der Waals surface area contributed by atoms with Gasteiger partial charge in [-0.15, -0.1) is 11.6 Å². The largest absolute Gasteiger partial charge is 0.240 e. The molecule has 0 bridgehead atoms. The van der Waals surface area contributed by atoms with E-state index in [-0.39, 0.29) is 21.9 Å². The predicted octanol–water partition coefficient (Wildman–Crippen LogP) is 2.56. The first kappa shape index (κ1) is 14.4. The number of nitrogens with one attached hydrogen (secondary N) is 1. The van der Waals surface area contributed by atoms with Crippen molar-refractivity contribution < 1.29 is 12.8 Å². The van der Waals surface area contributed by atoms with Gasteiger partial charge < -0.3 is 0 Å². The zero-order chi connectivity index (χ0) is 13.1. The Kier molecular flexibility index (Phi) is 4.91. The second-order valence-corrected chi connectivity index (χ2v) is 5.78. The van der Waals surface area contributed by atoms with Crippen LogP contribution in [-0.4, -0.2) is 15.0 Å². The van der Waals surface area contributed by atoms with Gasteiger partial charge in [0.15, 0.2) is 0 Å². The van der Waals surface area contributed by atoms with Crippen molar-refractivity contribution in [3.63, 3.8) is 0 Å². The Labute approximate surface area is 106 Å². The molecule has 0 aromatic heterocycles. The summed E-state index contributed by atoms with van der Waals surface area (Å²) in [5, 5.41) is 0. The maximum absolute atomic E-state index is 13.5. The summed E-state index contributed by atoms with van der Waals surface area (Å²) in [6.07, 6.45) is 0.696. The van der Waals surface area contributed by atoms with Gasteiger partial charge in [0, 0.05) is 12.1 Å². The van der Waals surface area contributed by atoms with Gasteiger partial charge in [-0.2, -0.15) is 0 Å². The van der Waals surface area contributed by atoms with Gasteiger partial charge in [-0.05, 0) is 31.0 Å². The molecule has 0 spiro atoms. The Morgan fingerprint density at radius 1 is 1.41 bits per heavy atom. The van der Waals surface area contributed by atoms with Crippen molar-refractivity contribution in [1.82, 2.24) is 4.72 Å². The molecule has 0 unspecified atom stereocenters. The fourth-order valence-corrected chi connectivity index (χ4v) is 2.84. The van der Waals surface area contributed by atoms with Crippen LogP contribution in [0.2, 0.25) is 0 Å². The summed E-state index contributed by atoms with van der Waals surface area (Å²) in [6, 6.07) is 2.58. The lowest BCUT2D eigenvalue weighted by Gasteiger charge is -2.09. The van der Waals surface area contributed by atoms with Gasteiger partial charge in [-0.25, -0.2) is 17.5 Å². The van der Waals surface area contributed by atoms with Crippen LogP contribution >= 0.6 is 11.6 Å². The normalized spacial score (nSPS) is 11.8. The lowest BCUT2D eigenvalue weighted by Crippen LogP contribution is -2.24. The first-order valence-corrected chi connectivity index (χ1v) is 7.28. The van der Waals surface area contributed by atoms with Crippen LogP contribution in [0.15, 0.2) is 17.0 Å². The molecular weight excluding hydrogens is 265 g/mol. The molecule has 0 aliphatic heterocycles. The first-order chi connectivity index (χ1) is 7.92. The van der Waals surface area contributed by atoms with Gasteiger partial charge in [-0.3, -0.25) is 0 Å². The topological polar surface area (TPSA) is 46.2 Å². The molecule has 1 N–H and O–H groups in total. The van der Waals surface area contributed by atoms with Crippen molar-refractivity contribution in [3.05, 3.63) is 29.1 Å². The summed E-state index contributed by atoms with van der Waals surface area (Å²) >= 11 is 5.58. The highest BCUT2D eigenvalue weighted by Crippen LogP contribution is 2.20. The van der Waals surface area contributed by atoms with Crippen molar-refractivity contribution in [2.24, 2.45) is 0 Å². The molecule has 0 saturated carbocycles. The molecule has 0 radical (unpaired) electrons. The van der Waals surface area contributed by atoms with E-state index in [0.29, 0.717) is 13.0 Å². The van der Waals surface area contributed by atoms with E-state index in [9.17, 15) is 12.8 Å². The SMILES string of the molecule is CCCNS(=O)(=O)c1cc(C)c(F)c(CCl)c1. The minimum atomic E-state index is -3.57. The third-order valence-electron chi connectivity index (χ3n) is 2.30. The summed E-state index contributed by atoms with van der Waals surface area (Å²) in [4.78, 5) is 0.0560. The summed E-state index contributed by atoms with van der Waals surface area (Å²) in [7, 11) is -3.57. The number of alkyl halides is 1. The van der Waals surface area contributed by atoms with Gasteiger partial charge in [0.25, 0.3) is 0 Å². The molecule has 0 aliphatic carbocycles. The Hall–Kier alpha value is -0.650. The molecule has 0 heterocycles. The quantitative estimate of drug-likeness (QED) is 0.842. The lowest BCUT2D eigenvalue weighted by molar-refractivity contribution is 0.578. The van der Waals surface area contributed by atoms with Gasteiger partial charge in [0.05, 0.1) is 10.8 Å². The number of aryl methyl sites for hydroxylation is 1. The van der Waals surface area contributed by atoms with Crippen LogP contribution in [0.3, 0.4) is 0 Å². The van der Waals surface area contributed by atoms with Gasteiger partial charge >= 0.3 is 0 Å². The van der Waals surface area contributed by atoms with Gasteiger partial charge in [0.2, 0.25) is 10.0 Å². The van der Waals surface area contributed by atoms with E-state index in [2.05, 4.69) is 4.72 Å². The number of rotatable bonds is 5. The van der Waals surface area contributed by atoms with E-state index < -0.39 is 15.8 Å². The third-order valence-corrected chi connectivity index (χ3v) is 4.03. The van der Waals surface area contributed by atoms with E-state index in [1.54, 1.807) is 0 Å². The molecule has 17 heavy (non-hydrogen) atoms. The van der Waals surface area contributed by atoms with E-state index in [4.69, 9.17) is 11.6 Å². The molecule has 0 fully saturated rings. The summed E-state index contributed by atoms with van der Waals surface area (Å²) in [5.74, 6) is -0.501. The van der Waals surface area contributed by atoms with Crippen LogP contribution in [0.1, 0.15) is 24.5 Å². The number of sulfonamides is 1. The van der Waals surface area contributed by atoms with Crippen LogP contribution < -0.4 is 4.72 Å². The maximum atomic E-state index is 13.5. The Morgan fingerprint density at radius 2 is 2.06 bits per heavy atom. The average molecular weight is 280 g/mol. The number of hydrogen-bond acceptors (Lipinski definition) is 2. The minimum Gasteiger partial charge on any atom is -0.211 e. The first-order valence-electron chi connectivity index (χ1n) is 5.27. The van der Waals surface area contributed by atoms with Crippen LogP contribution in [0.5, 0.6) is 0 Å². The summed E-state index contributed by atoms with van der Waals surface area (Å²) in [5.41, 5.74) is 0.476. The summed E-state index contributed by atoms with van der Waals surface area (Å²) in [6.45, 7) is 3.74. The zero-order valence-corrected chi connectivity index (χ0v) is 11.3. The van der Waals surface area contributed by atoms with Crippen LogP contribution in [-0.2, 0) is 15.9 Å². The highest BCUT2D eigenvalue weighted by Gasteiger charge is 2.17. The van der Waals surface area contributed by atoms with Crippen LogP contribution in [0.25, 0.3) is 0 Å². The fraction of sp³-hybridized carbons (Fsp3) is 0.455. The minimum absolute atomic E-state index is 0.0518. The second-order valence-electron chi connectivity index (χ2n) is 3.74. The van der Waals surface area contributed by atoms with E-state index in [1.807, 2.05) is 6.92 Å². The smallest absolute Gasteiger partial charge is 0.211 e. The Balaban J connectivity index is 3.19. The van der Waals surface area contributed by atoms with Crippen LogP contribution in [0.4, 0.5) is 4.39 Å². The zero-order valence-electron chi connectivity index (χ0n) is 9.76. The Bertz CT molecular complexity index is 502. The molecule has 1 aromatic rings. The van der Waals surface area contributed by atoms with E-state index >= 15 is 0 Å². The van der Waals surface area contributed by atoms with E-state index in [0.717, 1.165) is 0 Å². The highest BCUT2D eigenvalue weighted by atomic mass is 35.5. The molecule has 1 aromatic carbocycles. The Morgan fingerprint density at radius 3 is 2.59 bits per heavy atom. The number of benzene rings is 1. The van der Waals surface area contributed by atoms with Crippen molar-refractivity contribution >= 4 is 21.6 Å². The van der Waals surface area contributed by atoms with Crippen molar-refractivity contribution in [2.45, 2.75) is 31.0 Å². The van der Waals surface area contributed by atoms with Crippen molar-refractivity contribution in [3.8, 4) is 0 Å². The van der Waals surface area contributed by atoms with Crippen molar-refractivity contribution in [2.75, 3.05) is 6.54 Å². The summed E-state index contributed by atoms with van der Waals surface area (Å²) < 4.78 is 39.6. The molecule has 3 nitrogen and oxygen atoms in total. The molecule has 0 saturated heterocycles. The van der Waals surface area contributed by atoms with Gasteiger partial charge in [0.1, 0.15) is 5.82 Å². The fourth-order valence-electron chi connectivity index (χ4n) is 1.38. The van der Waals surface area contributed by atoms with Crippen LogP contribution in [0, 0.1) is 12.7 Å². The van der Waals surface area contributed by atoms with Crippen molar-refractivity contribution in [1.29, 1.82) is 0 Å². The average Bonchev–Trinajstić information content (AvgIpc) is 2.29. The second kappa shape index (κ2) is 5.80. The number of hydrogen-bond donors (Lipinski definition) is 1. The molecule has 0 atom stereocenters. The highest BCUT2D eigenvalue weighted by molar-refractivity contribution is 7.89. The molecular formula is C11H15ClFNO2S. The predicted molar refractivity (Wildman–Crippen MR) is 66.2 cm³/mol. The van der Waals surface area contributed by atoms with Gasteiger partial charge in [-0.1, -0.05) is 6.92 Å². The maximum Gasteiger partial charge on any atom is 0.240 e. The lowest BCUT2D eigenvalue weighted by atomic mass is 10.1. The molecule has 96 valence electrons. The number of halogens is 2. The monoisotopic (exact) mass is 279 g/mol. The molecule has 0 aliphatic rings. The van der Waals surface area contributed by atoms with E-state index in [1.165, 1.54) is 19.1 Å². The molecule has 0 amide bonds.